The molecule has 1 aliphatic heterocycles. The second-order valence-corrected chi connectivity index (χ2v) is 8.62. The van der Waals surface area contributed by atoms with Crippen LogP contribution in [0.5, 0.6) is 0 Å². The summed E-state index contributed by atoms with van der Waals surface area (Å²) < 4.78 is 5.60. The van der Waals surface area contributed by atoms with E-state index in [2.05, 4.69) is 5.32 Å². The Morgan fingerprint density at radius 3 is 2.69 bits per heavy atom. The van der Waals surface area contributed by atoms with Crippen LogP contribution in [-0.4, -0.2) is 30.4 Å². The van der Waals surface area contributed by atoms with Gasteiger partial charge in [0.05, 0.1) is 5.56 Å². The fraction of sp³-hybridized carbons (Fsp3) is 0.409. The molecule has 0 saturated heterocycles. The number of fused-ring (bicyclic) bond motifs is 2. The van der Waals surface area contributed by atoms with E-state index < -0.39 is 12.1 Å². The lowest BCUT2D eigenvalue weighted by Crippen LogP contribution is -2.39. The topological polar surface area (TPSA) is 75.7 Å². The van der Waals surface area contributed by atoms with Crippen molar-refractivity contribution in [3.05, 3.63) is 45.8 Å². The second-order valence-electron chi connectivity index (χ2n) is 7.51. The van der Waals surface area contributed by atoms with Crippen LogP contribution in [0.1, 0.15) is 53.1 Å². The monoisotopic (exact) mass is 412 g/mol. The van der Waals surface area contributed by atoms with Crippen molar-refractivity contribution in [2.75, 3.05) is 16.8 Å². The van der Waals surface area contributed by atoms with Crippen LogP contribution in [-0.2, 0) is 33.6 Å². The number of benzene rings is 1. The first kappa shape index (κ1) is 19.6. The number of hydrogen-bond acceptors (Lipinski definition) is 5. The summed E-state index contributed by atoms with van der Waals surface area (Å²) in [5.41, 5.74) is 3.38. The Bertz CT molecular complexity index is 981. The van der Waals surface area contributed by atoms with E-state index in [1.54, 1.807) is 11.8 Å². The summed E-state index contributed by atoms with van der Waals surface area (Å²) in [6, 6.07) is 7.79. The van der Waals surface area contributed by atoms with Crippen molar-refractivity contribution in [1.82, 2.24) is 0 Å². The molecular formula is C22H24N2O4S. The first-order valence-electron chi connectivity index (χ1n) is 9.98. The lowest BCUT2D eigenvalue weighted by atomic mass is 9.95. The number of nitrogens with one attached hydrogen (secondary N) is 1. The lowest BCUT2D eigenvalue weighted by molar-refractivity contribution is -0.126. The van der Waals surface area contributed by atoms with Crippen molar-refractivity contribution in [3.63, 3.8) is 0 Å². The normalized spacial score (nSPS) is 16.0. The molecule has 0 unspecified atom stereocenters. The minimum atomic E-state index is -0.905. The number of esters is 1. The smallest absolute Gasteiger partial charge is 0.342 e. The van der Waals surface area contributed by atoms with Gasteiger partial charge in [-0.05, 0) is 56.2 Å². The van der Waals surface area contributed by atoms with Gasteiger partial charge in [-0.2, -0.15) is 0 Å². The Morgan fingerprint density at radius 2 is 1.90 bits per heavy atom. The van der Waals surface area contributed by atoms with Gasteiger partial charge in [-0.25, -0.2) is 4.79 Å². The molecule has 4 rings (SSSR count). The Balaban J connectivity index is 1.54. The van der Waals surface area contributed by atoms with E-state index in [9.17, 15) is 14.4 Å². The van der Waals surface area contributed by atoms with E-state index in [-0.39, 0.29) is 11.8 Å². The number of amides is 2. The number of anilines is 2. The maximum atomic E-state index is 13.0. The van der Waals surface area contributed by atoms with Crippen LogP contribution in [0.2, 0.25) is 0 Å². The molecule has 0 saturated carbocycles. The Hall–Kier alpha value is -2.67. The van der Waals surface area contributed by atoms with E-state index in [1.807, 2.05) is 24.3 Å². The van der Waals surface area contributed by atoms with Gasteiger partial charge in [0.1, 0.15) is 5.00 Å². The average molecular weight is 413 g/mol. The van der Waals surface area contributed by atoms with Gasteiger partial charge in [-0.1, -0.05) is 18.2 Å². The molecule has 0 radical (unpaired) electrons. The SMILES string of the molecule is CC(=O)Nc1sc2c(c1C(=O)O[C@@H](C)C(=O)N1CCc3ccccc31)CCCC2. The van der Waals surface area contributed by atoms with Crippen molar-refractivity contribution in [2.24, 2.45) is 0 Å². The maximum Gasteiger partial charge on any atom is 0.342 e. The van der Waals surface area contributed by atoms with E-state index in [4.69, 9.17) is 4.74 Å². The highest BCUT2D eigenvalue weighted by molar-refractivity contribution is 7.17. The van der Waals surface area contributed by atoms with Crippen LogP contribution >= 0.6 is 11.3 Å². The van der Waals surface area contributed by atoms with E-state index in [0.29, 0.717) is 17.1 Å². The van der Waals surface area contributed by atoms with Crippen molar-refractivity contribution < 1.29 is 19.1 Å². The second kappa shape index (κ2) is 7.99. The molecule has 1 atom stereocenters. The number of aryl methyl sites for hydroxylation is 1. The Morgan fingerprint density at radius 1 is 1.14 bits per heavy atom. The molecule has 152 valence electrons. The standard InChI is InChI=1S/C22H24N2O4S/c1-13(21(26)24-12-11-15-7-3-5-9-17(15)24)28-22(27)19-16-8-4-6-10-18(16)29-20(19)23-14(2)25/h3,5,7,9,13H,4,6,8,10-12H2,1-2H3,(H,23,25)/t13-/m0/s1. The molecule has 2 heterocycles. The number of hydrogen-bond donors (Lipinski definition) is 1. The highest BCUT2D eigenvalue weighted by Crippen LogP contribution is 2.39. The molecule has 1 aromatic heterocycles. The van der Waals surface area contributed by atoms with Gasteiger partial charge in [0.15, 0.2) is 6.10 Å². The quantitative estimate of drug-likeness (QED) is 0.777. The third-order valence-electron chi connectivity index (χ3n) is 5.45. The summed E-state index contributed by atoms with van der Waals surface area (Å²) in [6.07, 6.45) is 3.66. The zero-order valence-corrected chi connectivity index (χ0v) is 17.4. The number of rotatable bonds is 4. The molecule has 0 spiro atoms. The van der Waals surface area contributed by atoms with Crippen LogP contribution in [0, 0.1) is 0 Å². The van der Waals surface area contributed by atoms with Gasteiger partial charge in [0, 0.05) is 24.0 Å². The number of ether oxygens (including phenoxy) is 1. The molecule has 1 aliphatic carbocycles. The summed E-state index contributed by atoms with van der Waals surface area (Å²) in [7, 11) is 0. The fourth-order valence-electron chi connectivity index (χ4n) is 4.09. The van der Waals surface area contributed by atoms with Crippen LogP contribution in [0.4, 0.5) is 10.7 Å². The molecule has 29 heavy (non-hydrogen) atoms. The van der Waals surface area contributed by atoms with Gasteiger partial charge in [0.2, 0.25) is 5.91 Å². The van der Waals surface area contributed by atoms with Crippen molar-refractivity contribution >= 4 is 39.8 Å². The molecule has 2 aromatic rings. The predicted octanol–water partition coefficient (Wildman–Crippen LogP) is 3.72. The van der Waals surface area contributed by atoms with Crippen molar-refractivity contribution in [2.45, 2.75) is 52.1 Å². The molecule has 6 nitrogen and oxygen atoms in total. The van der Waals surface area contributed by atoms with Gasteiger partial charge in [-0.3, -0.25) is 9.59 Å². The van der Waals surface area contributed by atoms with Gasteiger partial charge >= 0.3 is 5.97 Å². The highest BCUT2D eigenvalue weighted by atomic mass is 32.1. The van der Waals surface area contributed by atoms with Crippen LogP contribution in [0.3, 0.4) is 0 Å². The highest BCUT2D eigenvalue weighted by Gasteiger charge is 2.32. The average Bonchev–Trinajstić information content (AvgIpc) is 3.27. The first-order chi connectivity index (χ1) is 14.0. The van der Waals surface area contributed by atoms with Gasteiger partial charge in [0.25, 0.3) is 5.91 Å². The number of para-hydroxylation sites is 1. The van der Waals surface area contributed by atoms with Gasteiger partial charge < -0.3 is 15.0 Å². The molecule has 2 aliphatic rings. The molecule has 2 amide bonds. The largest absolute Gasteiger partial charge is 0.449 e. The first-order valence-corrected chi connectivity index (χ1v) is 10.8. The van der Waals surface area contributed by atoms with E-state index in [1.165, 1.54) is 18.3 Å². The third kappa shape index (κ3) is 3.79. The summed E-state index contributed by atoms with van der Waals surface area (Å²) in [5.74, 6) is -0.995. The predicted molar refractivity (Wildman–Crippen MR) is 113 cm³/mol. The minimum absolute atomic E-state index is 0.226. The van der Waals surface area contributed by atoms with Crippen LogP contribution < -0.4 is 10.2 Å². The third-order valence-corrected chi connectivity index (χ3v) is 6.66. The van der Waals surface area contributed by atoms with Gasteiger partial charge in [-0.15, -0.1) is 11.3 Å². The number of nitrogens with zero attached hydrogens (tertiary/aromatic N) is 1. The number of carbonyl (C=O) groups excluding carboxylic acids is 3. The molecule has 0 bridgehead atoms. The summed E-state index contributed by atoms with van der Waals surface area (Å²) in [6.45, 7) is 3.62. The zero-order chi connectivity index (χ0) is 20.5. The molecular weight excluding hydrogens is 388 g/mol. The van der Waals surface area contributed by atoms with Crippen molar-refractivity contribution in [3.8, 4) is 0 Å². The Kier molecular flexibility index (Phi) is 5.41. The number of carbonyl (C=O) groups is 3. The minimum Gasteiger partial charge on any atom is -0.449 e. The molecule has 1 aromatic carbocycles. The molecule has 0 fully saturated rings. The van der Waals surface area contributed by atoms with Crippen LogP contribution in [0.15, 0.2) is 24.3 Å². The lowest BCUT2D eigenvalue weighted by Gasteiger charge is -2.22. The molecule has 1 N–H and O–H groups in total. The summed E-state index contributed by atoms with van der Waals surface area (Å²) >= 11 is 1.44. The fourth-order valence-corrected chi connectivity index (χ4v) is 5.41. The van der Waals surface area contributed by atoms with Crippen molar-refractivity contribution in [1.29, 1.82) is 0 Å². The summed E-state index contributed by atoms with van der Waals surface area (Å²) in [4.78, 5) is 40.4. The maximum absolute atomic E-state index is 13.0. The molecule has 7 heteroatoms. The van der Waals surface area contributed by atoms with E-state index in [0.717, 1.165) is 53.8 Å². The number of thiophene rings is 1. The van der Waals surface area contributed by atoms with E-state index >= 15 is 0 Å². The zero-order valence-electron chi connectivity index (χ0n) is 16.6. The Labute approximate surface area is 173 Å². The summed E-state index contributed by atoms with van der Waals surface area (Å²) in [5, 5.41) is 3.29. The van der Waals surface area contributed by atoms with Crippen LogP contribution in [0.25, 0.3) is 0 Å².